The number of nitro groups is 1. The lowest BCUT2D eigenvalue weighted by Crippen LogP contribution is -2.07. The van der Waals surface area contributed by atoms with Gasteiger partial charge in [-0.05, 0) is 30.2 Å². The zero-order valence-electron chi connectivity index (χ0n) is 10.5. The summed E-state index contributed by atoms with van der Waals surface area (Å²) in [4.78, 5) is 10.5. The van der Waals surface area contributed by atoms with E-state index in [2.05, 4.69) is 21.2 Å². The second kappa shape index (κ2) is 6.47. The van der Waals surface area contributed by atoms with Crippen LogP contribution in [0.15, 0.2) is 46.9 Å². The Bertz CT molecular complexity index is 634. The van der Waals surface area contributed by atoms with Crippen molar-refractivity contribution < 1.29 is 9.31 Å². The van der Waals surface area contributed by atoms with E-state index in [4.69, 9.17) is 0 Å². The molecule has 0 fully saturated rings. The van der Waals surface area contributed by atoms with Crippen molar-refractivity contribution in [3.8, 4) is 0 Å². The van der Waals surface area contributed by atoms with E-state index in [1.54, 1.807) is 30.3 Å². The number of anilines is 1. The van der Waals surface area contributed by atoms with Crippen LogP contribution in [-0.4, -0.2) is 11.5 Å². The van der Waals surface area contributed by atoms with Crippen molar-refractivity contribution in [1.29, 1.82) is 0 Å². The number of rotatable bonds is 5. The predicted molar refractivity (Wildman–Crippen MR) is 79.4 cm³/mol. The van der Waals surface area contributed by atoms with Gasteiger partial charge < -0.3 is 5.32 Å². The lowest BCUT2D eigenvalue weighted by Gasteiger charge is -2.08. The Morgan fingerprint density at radius 2 is 2.00 bits per heavy atom. The molecule has 0 heterocycles. The summed E-state index contributed by atoms with van der Waals surface area (Å²) in [5, 5.41) is 13.9. The van der Waals surface area contributed by atoms with E-state index in [0.717, 1.165) is 0 Å². The first kappa shape index (κ1) is 14.5. The van der Waals surface area contributed by atoms with E-state index in [0.29, 0.717) is 28.7 Å². The first-order valence-electron chi connectivity index (χ1n) is 5.99. The highest BCUT2D eigenvalue weighted by Gasteiger charge is 2.13. The largest absolute Gasteiger partial charge is 0.379 e. The molecule has 0 saturated carbocycles. The van der Waals surface area contributed by atoms with Crippen molar-refractivity contribution in [1.82, 2.24) is 0 Å². The second-order valence-electron chi connectivity index (χ2n) is 4.19. The van der Waals surface area contributed by atoms with Crippen molar-refractivity contribution in [2.45, 2.75) is 6.42 Å². The van der Waals surface area contributed by atoms with E-state index < -0.39 is 4.92 Å². The fourth-order valence-corrected chi connectivity index (χ4v) is 2.19. The minimum Gasteiger partial charge on any atom is -0.379 e. The highest BCUT2D eigenvalue weighted by atomic mass is 79.9. The van der Waals surface area contributed by atoms with Gasteiger partial charge in [0.1, 0.15) is 11.5 Å². The van der Waals surface area contributed by atoms with Gasteiger partial charge in [0.25, 0.3) is 5.69 Å². The number of nitrogens with zero attached hydrogens (tertiary/aromatic N) is 1. The number of hydrogen-bond acceptors (Lipinski definition) is 3. The summed E-state index contributed by atoms with van der Waals surface area (Å²) in [6.45, 7) is 0.420. The smallest absolute Gasteiger partial charge is 0.293 e. The number of hydrogen-bond donors (Lipinski definition) is 1. The van der Waals surface area contributed by atoms with E-state index >= 15 is 0 Å². The number of nitro benzene ring substituents is 1. The van der Waals surface area contributed by atoms with Crippen LogP contribution in [-0.2, 0) is 6.42 Å². The quantitative estimate of drug-likeness (QED) is 0.658. The molecule has 2 rings (SSSR count). The molecule has 0 spiro atoms. The Kier molecular flexibility index (Phi) is 4.68. The van der Waals surface area contributed by atoms with E-state index in [1.807, 2.05) is 0 Å². The third kappa shape index (κ3) is 3.54. The fraction of sp³-hybridized carbons (Fsp3) is 0.143. The summed E-state index contributed by atoms with van der Waals surface area (Å²) >= 11 is 3.20. The maximum Gasteiger partial charge on any atom is 0.293 e. The summed E-state index contributed by atoms with van der Waals surface area (Å²) in [7, 11) is 0. The Morgan fingerprint density at radius 3 is 2.70 bits per heavy atom. The van der Waals surface area contributed by atoms with Gasteiger partial charge in [0.05, 0.1) is 4.92 Å². The van der Waals surface area contributed by atoms with Crippen molar-refractivity contribution in [2.24, 2.45) is 0 Å². The van der Waals surface area contributed by atoms with E-state index in [9.17, 15) is 14.5 Å². The van der Waals surface area contributed by atoms with Crippen molar-refractivity contribution in [3.05, 3.63) is 68.4 Å². The number of nitrogens with one attached hydrogen (secondary N) is 1. The molecule has 20 heavy (non-hydrogen) atoms. The van der Waals surface area contributed by atoms with E-state index in [1.165, 1.54) is 12.1 Å². The molecule has 0 aliphatic heterocycles. The molecule has 6 heteroatoms. The highest BCUT2D eigenvalue weighted by Crippen LogP contribution is 2.27. The normalized spacial score (nSPS) is 10.3. The molecule has 2 aromatic carbocycles. The third-order valence-electron chi connectivity index (χ3n) is 2.82. The second-order valence-corrected chi connectivity index (χ2v) is 5.10. The monoisotopic (exact) mass is 338 g/mol. The maximum atomic E-state index is 13.4. The third-order valence-corrected chi connectivity index (χ3v) is 3.32. The molecule has 0 radical (unpaired) electrons. The summed E-state index contributed by atoms with van der Waals surface area (Å²) in [5.41, 5.74) is 1.00. The average molecular weight is 339 g/mol. The Balaban J connectivity index is 2.05. The zero-order valence-corrected chi connectivity index (χ0v) is 12.1. The molecule has 2 aromatic rings. The van der Waals surface area contributed by atoms with Crippen LogP contribution in [0.3, 0.4) is 0 Å². The molecule has 0 aliphatic carbocycles. The molecular formula is C14H12BrFN2O2. The molecule has 1 N–H and O–H groups in total. The number of halogens is 2. The molecule has 0 aromatic heterocycles. The predicted octanol–water partition coefficient (Wildman–Crippen LogP) is 4.15. The summed E-state index contributed by atoms with van der Waals surface area (Å²) in [6, 6.07) is 11.3. The molecule has 0 atom stereocenters. The summed E-state index contributed by atoms with van der Waals surface area (Å²) in [5.74, 6) is -0.264. The molecule has 0 bridgehead atoms. The van der Waals surface area contributed by atoms with Crippen LogP contribution in [0.2, 0.25) is 0 Å². The Morgan fingerprint density at radius 1 is 1.25 bits per heavy atom. The van der Waals surface area contributed by atoms with Crippen LogP contribution < -0.4 is 5.32 Å². The molecular weight excluding hydrogens is 327 g/mol. The van der Waals surface area contributed by atoms with Crippen LogP contribution in [0.4, 0.5) is 15.8 Å². The van der Waals surface area contributed by atoms with Gasteiger partial charge in [0, 0.05) is 17.1 Å². The van der Waals surface area contributed by atoms with Crippen LogP contribution >= 0.6 is 15.9 Å². The van der Waals surface area contributed by atoms with Crippen LogP contribution in [0, 0.1) is 15.9 Å². The lowest BCUT2D eigenvalue weighted by atomic mass is 10.1. The molecule has 104 valence electrons. The van der Waals surface area contributed by atoms with Gasteiger partial charge in [-0.15, -0.1) is 0 Å². The van der Waals surface area contributed by atoms with Crippen LogP contribution in [0.1, 0.15) is 5.56 Å². The van der Waals surface area contributed by atoms with Crippen LogP contribution in [0.5, 0.6) is 0 Å². The van der Waals surface area contributed by atoms with Gasteiger partial charge in [0.2, 0.25) is 0 Å². The minimum atomic E-state index is -0.448. The Hall–Kier alpha value is -1.95. The van der Waals surface area contributed by atoms with Gasteiger partial charge >= 0.3 is 0 Å². The molecule has 4 nitrogen and oxygen atoms in total. The fourth-order valence-electron chi connectivity index (χ4n) is 1.84. The lowest BCUT2D eigenvalue weighted by molar-refractivity contribution is -0.384. The number of benzene rings is 2. The summed E-state index contributed by atoms with van der Waals surface area (Å²) in [6.07, 6.45) is 0.458. The molecule has 0 unspecified atom stereocenters. The topological polar surface area (TPSA) is 55.2 Å². The van der Waals surface area contributed by atoms with Gasteiger partial charge in [-0.25, -0.2) is 4.39 Å². The zero-order chi connectivity index (χ0) is 14.5. The average Bonchev–Trinajstić information content (AvgIpc) is 2.42. The van der Waals surface area contributed by atoms with Crippen LogP contribution in [0.25, 0.3) is 0 Å². The van der Waals surface area contributed by atoms with E-state index in [-0.39, 0.29) is 11.5 Å². The highest BCUT2D eigenvalue weighted by molar-refractivity contribution is 9.10. The Labute approximate surface area is 123 Å². The van der Waals surface area contributed by atoms with Crippen molar-refractivity contribution >= 4 is 27.3 Å². The first-order chi connectivity index (χ1) is 9.58. The standard InChI is InChI=1S/C14H12BrFN2O2/c15-11-5-6-13(14(9-11)18(19)20)17-8-7-10-3-1-2-4-12(10)16/h1-6,9,17H,7-8H2. The van der Waals surface area contributed by atoms with Gasteiger partial charge in [0.15, 0.2) is 0 Å². The molecule has 0 amide bonds. The van der Waals surface area contributed by atoms with Crippen molar-refractivity contribution in [2.75, 3.05) is 11.9 Å². The van der Waals surface area contributed by atoms with Gasteiger partial charge in [-0.3, -0.25) is 10.1 Å². The maximum absolute atomic E-state index is 13.4. The first-order valence-corrected chi connectivity index (χ1v) is 6.78. The van der Waals surface area contributed by atoms with Crippen molar-refractivity contribution in [3.63, 3.8) is 0 Å². The molecule has 0 saturated heterocycles. The molecule has 0 aliphatic rings. The summed E-state index contributed by atoms with van der Waals surface area (Å²) < 4.78 is 14.1. The minimum absolute atomic E-state index is 0.00657. The SMILES string of the molecule is O=[N+]([O-])c1cc(Br)ccc1NCCc1ccccc1F. The van der Waals surface area contributed by atoms with Gasteiger partial charge in [-0.2, -0.15) is 0 Å². The van der Waals surface area contributed by atoms with Gasteiger partial charge in [-0.1, -0.05) is 34.1 Å².